The Labute approximate surface area is 184 Å². The molecule has 0 bridgehead atoms. The van der Waals surface area contributed by atoms with Crippen LogP contribution in [-0.4, -0.2) is 23.9 Å². The number of hydrogen-bond donors (Lipinski definition) is 3. The van der Waals surface area contributed by atoms with Gasteiger partial charge >= 0.3 is 11.8 Å². The SMILES string of the molecule is Cc1cccc(NC(=O)c2ccccc2NC(=O)C(=O)N/N=C\c2ccc(Cl)cc2)c1. The van der Waals surface area contributed by atoms with E-state index >= 15 is 0 Å². The van der Waals surface area contributed by atoms with Gasteiger partial charge in [0.2, 0.25) is 0 Å². The molecule has 8 heteroatoms. The molecule has 0 spiro atoms. The molecule has 0 atom stereocenters. The highest BCUT2D eigenvalue weighted by atomic mass is 35.5. The maximum atomic E-state index is 12.7. The standard InChI is InChI=1S/C23H19ClN4O3/c1-15-5-4-6-18(13-15)26-21(29)19-7-2-3-8-20(19)27-22(30)23(31)28-25-14-16-9-11-17(24)12-10-16/h2-14H,1H3,(H,26,29)(H,27,30)(H,28,31)/b25-14-. The fourth-order valence-corrected chi connectivity index (χ4v) is 2.78. The number of hydrogen-bond acceptors (Lipinski definition) is 4. The average Bonchev–Trinajstić information content (AvgIpc) is 2.75. The molecule has 3 amide bonds. The molecule has 0 saturated carbocycles. The van der Waals surface area contributed by atoms with E-state index in [0.29, 0.717) is 16.3 Å². The van der Waals surface area contributed by atoms with Crippen molar-refractivity contribution in [2.75, 3.05) is 10.6 Å². The summed E-state index contributed by atoms with van der Waals surface area (Å²) in [6.07, 6.45) is 1.38. The number of hydrazone groups is 1. The zero-order chi connectivity index (χ0) is 22.2. The van der Waals surface area contributed by atoms with Gasteiger partial charge in [0.05, 0.1) is 17.5 Å². The molecule has 31 heavy (non-hydrogen) atoms. The molecule has 3 aromatic rings. The van der Waals surface area contributed by atoms with Crippen LogP contribution in [0.2, 0.25) is 5.02 Å². The van der Waals surface area contributed by atoms with Gasteiger partial charge in [0.25, 0.3) is 5.91 Å². The van der Waals surface area contributed by atoms with Crippen LogP contribution >= 0.6 is 11.6 Å². The van der Waals surface area contributed by atoms with Crippen molar-refractivity contribution in [3.63, 3.8) is 0 Å². The zero-order valence-corrected chi connectivity index (χ0v) is 17.3. The minimum Gasteiger partial charge on any atom is -0.322 e. The van der Waals surface area contributed by atoms with Crippen LogP contribution in [0, 0.1) is 6.92 Å². The van der Waals surface area contributed by atoms with Gasteiger partial charge in [-0.15, -0.1) is 0 Å². The molecule has 0 fully saturated rings. The summed E-state index contributed by atoms with van der Waals surface area (Å²) in [5.74, 6) is -2.34. The normalized spacial score (nSPS) is 10.5. The molecular formula is C23H19ClN4O3. The summed E-state index contributed by atoms with van der Waals surface area (Å²) in [6, 6.07) is 20.5. The van der Waals surface area contributed by atoms with Crippen LogP contribution < -0.4 is 16.1 Å². The largest absolute Gasteiger partial charge is 0.329 e. The molecule has 0 aliphatic carbocycles. The molecule has 0 saturated heterocycles. The lowest BCUT2D eigenvalue weighted by atomic mass is 10.1. The fraction of sp³-hybridized carbons (Fsp3) is 0.0435. The van der Waals surface area contributed by atoms with Crippen LogP contribution in [0.3, 0.4) is 0 Å². The molecule has 0 unspecified atom stereocenters. The second-order valence-electron chi connectivity index (χ2n) is 6.57. The van der Waals surface area contributed by atoms with Gasteiger partial charge in [-0.2, -0.15) is 5.10 Å². The van der Waals surface area contributed by atoms with Gasteiger partial charge in [0.15, 0.2) is 0 Å². The summed E-state index contributed by atoms with van der Waals surface area (Å²) in [4.78, 5) is 36.9. The van der Waals surface area contributed by atoms with Crippen LogP contribution in [-0.2, 0) is 9.59 Å². The third-order valence-corrected chi connectivity index (χ3v) is 4.40. The van der Waals surface area contributed by atoms with E-state index in [4.69, 9.17) is 11.6 Å². The van der Waals surface area contributed by atoms with Crippen molar-refractivity contribution in [3.8, 4) is 0 Å². The summed E-state index contributed by atoms with van der Waals surface area (Å²) in [5, 5.41) is 9.54. The maximum Gasteiger partial charge on any atom is 0.329 e. The van der Waals surface area contributed by atoms with Crippen LogP contribution in [0.25, 0.3) is 0 Å². The van der Waals surface area contributed by atoms with E-state index in [9.17, 15) is 14.4 Å². The lowest BCUT2D eigenvalue weighted by molar-refractivity contribution is -0.136. The number of para-hydroxylation sites is 1. The van der Waals surface area contributed by atoms with Gasteiger partial charge in [-0.25, -0.2) is 5.43 Å². The number of nitrogens with zero attached hydrogens (tertiary/aromatic N) is 1. The van der Waals surface area contributed by atoms with Gasteiger partial charge in [-0.1, -0.05) is 48.0 Å². The summed E-state index contributed by atoms with van der Waals surface area (Å²) >= 11 is 5.81. The number of benzene rings is 3. The maximum absolute atomic E-state index is 12.7. The van der Waals surface area contributed by atoms with Crippen molar-refractivity contribution in [3.05, 3.63) is 94.5 Å². The van der Waals surface area contributed by atoms with E-state index in [2.05, 4.69) is 21.2 Å². The highest BCUT2D eigenvalue weighted by molar-refractivity contribution is 6.40. The smallest absolute Gasteiger partial charge is 0.322 e. The highest BCUT2D eigenvalue weighted by Gasteiger charge is 2.17. The number of anilines is 2. The topological polar surface area (TPSA) is 99.7 Å². The molecule has 0 aliphatic heterocycles. The Morgan fingerprint density at radius 2 is 1.61 bits per heavy atom. The Bertz CT molecular complexity index is 1140. The Morgan fingerprint density at radius 3 is 2.35 bits per heavy atom. The van der Waals surface area contributed by atoms with Crippen LogP contribution in [0.4, 0.5) is 11.4 Å². The highest BCUT2D eigenvalue weighted by Crippen LogP contribution is 2.18. The van der Waals surface area contributed by atoms with E-state index < -0.39 is 17.7 Å². The first-order chi connectivity index (χ1) is 14.9. The van der Waals surface area contributed by atoms with E-state index in [0.717, 1.165) is 5.56 Å². The molecule has 156 valence electrons. The van der Waals surface area contributed by atoms with Crippen LogP contribution in [0.15, 0.2) is 77.9 Å². The molecule has 0 aliphatic rings. The number of carbonyl (C=O) groups excluding carboxylic acids is 3. The Hall–Kier alpha value is -3.97. The third kappa shape index (κ3) is 6.25. The lowest BCUT2D eigenvalue weighted by Gasteiger charge is -2.11. The number of amides is 3. The first-order valence-corrected chi connectivity index (χ1v) is 9.67. The second-order valence-corrected chi connectivity index (χ2v) is 7.01. The van der Waals surface area contributed by atoms with Crippen molar-refractivity contribution in [2.24, 2.45) is 5.10 Å². The van der Waals surface area contributed by atoms with Gasteiger partial charge < -0.3 is 10.6 Å². The summed E-state index contributed by atoms with van der Waals surface area (Å²) < 4.78 is 0. The van der Waals surface area contributed by atoms with Crippen LogP contribution in [0.1, 0.15) is 21.5 Å². The van der Waals surface area contributed by atoms with E-state index in [1.165, 1.54) is 12.3 Å². The Kier molecular flexibility index (Phi) is 7.13. The van der Waals surface area contributed by atoms with Crippen molar-refractivity contribution in [1.29, 1.82) is 0 Å². The number of halogens is 1. The molecule has 0 heterocycles. The summed E-state index contributed by atoms with van der Waals surface area (Å²) in [5.41, 5.74) is 4.88. The van der Waals surface area contributed by atoms with Gasteiger partial charge in [-0.05, 0) is 54.4 Å². The third-order valence-electron chi connectivity index (χ3n) is 4.15. The average molecular weight is 435 g/mol. The molecule has 7 nitrogen and oxygen atoms in total. The number of aryl methyl sites for hydroxylation is 1. The monoisotopic (exact) mass is 434 g/mol. The van der Waals surface area contributed by atoms with Crippen molar-refractivity contribution >= 4 is 46.9 Å². The predicted molar refractivity (Wildman–Crippen MR) is 121 cm³/mol. The molecule has 0 radical (unpaired) electrons. The quantitative estimate of drug-likeness (QED) is 0.321. The number of rotatable bonds is 5. The van der Waals surface area contributed by atoms with Gasteiger partial charge in [-0.3, -0.25) is 14.4 Å². The van der Waals surface area contributed by atoms with Gasteiger partial charge in [0, 0.05) is 10.7 Å². The van der Waals surface area contributed by atoms with E-state index in [1.807, 2.05) is 25.1 Å². The number of carbonyl (C=O) groups is 3. The molecule has 3 N–H and O–H groups in total. The molecule has 3 aromatic carbocycles. The molecular weight excluding hydrogens is 416 g/mol. The first kappa shape index (κ1) is 21.7. The minimum absolute atomic E-state index is 0.203. The summed E-state index contributed by atoms with van der Waals surface area (Å²) in [7, 11) is 0. The predicted octanol–water partition coefficient (Wildman–Crippen LogP) is 3.99. The molecule has 3 rings (SSSR count). The zero-order valence-electron chi connectivity index (χ0n) is 16.6. The van der Waals surface area contributed by atoms with Crippen molar-refractivity contribution < 1.29 is 14.4 Å². The van der Waals surface area contributed by atoms with Crippen molar-refractivity contribution in [2.45, 2.75) is 6.92 Å². The van der Waals surface area contributed by atoms with E-state index in [-0.39, 0.29) is 11.3 Å². The lowest BCUT2D eigenvalue weighted by Crippen LogP contribution is -2.33. The van der Waals surface area contributed by atoms with E-state index in [1.54, 1.807) is 48.5 Å². The molecule has 0 aromatic heterocycles. The van der Waals surface area contributed by atoms with Crippen molar-refractivity contribution in [1.82, 2.24) is 5.43 Å². The fourth-order valence-electron chi connectivity index (χ4n) is 2.66. The minimum atomic E-state index is -0.973. The Morgan fingerprint density at radius 1 is 0.871 bits per heavy atom. The second kappa shape index (κ2) is 10.2. The first-order valence-electron chi connectivity index (χ1n) is 9.29. The Balaban J connectivity index is 1.63. The number of nitrogens with one attached hydrogen (secondary N) is 3. The summed E-state index contributed by atoms with van der Waals surface area (Å²) in [6.45, 7) is 1.91. The van der Waals surface area contributed by atoms with Gasteiger partial charge in [0.1, 0.15) is 0 Å². The van der Waals surface area contributed by atoms with Crippen LogP contribution in [0.5, 0.6) is 0 Å².